The van der Waals surface area contributed by atoms with Crippen LogP contribution >= 0.6 is 0 Å². The number of nitrogens with zero attached hydrogens (tertiary/aromatic N) is 2. The van der Waals surface area contributed by atoms with Crippen LogP contribution in [-0.4, -0.2) is 32.4 Å². The number of aliphatic hydroxyl groups is 2. The van der Waals surface area contributed by atoms with Crippen LogP contribution in [0.2, 0.25) is 0 Å². The third-order valence-electron chi connectivity index (χ3n) is 5.34. The van der Waals surface area contributed by atoms with E-state index < -0.39 is 35.5 Å². The second kappa shape index (κ2) is 12.9. The first-order valence-electron chi connectivity index (χ1n) is 11.1. The Hall–Kier alpha value is -2.19. The van der Waals surface area contributed by atoms with Crippen molar-refractivity contribution >= 4 is 0 Å². The van der Waals surface area contributed by atoms with Crippen molar-refractivity contribution in [3.05, 3.63) is 72.1 Å². The fraction of sp³-hybridized carbons (Fsp3) is 0.407. The van der Waals surface area contributed by atoms with Crippen LogP contribution in [0, 0.1) is 40.2 Å². The van der Waals surface area contributed by atoms with Crippen LogP contribution in [-0.2, 0) is 20.1 Å². The summed E-state index contributed by atoms with van der Waals surface area (Å²) in [5.41, 5.74) is -0.00432. The standard InChI is InChI=1S/C16H7F4N2.C11H24O2.Ir/c17-11-3-9(4-12(18)7-11)15-16(22-2-1-21-15)10-5-13(19)8-14(20)6-10;1-10(2,3)8(12)7-9(13)11(4,5)6;/h1-5,7-8H;8-9,12-13H,7H2,1-6H3;/q-1;;. The van der Waals surface area contributed by atoms with Crippen molar-refractivity contribution in [3.63, 3.8) is 0 Å². The fourth-order valence-electron chi connectivity index (χ4n) is 2.98. The molecule has 2 N–H and O–H groups in total. The molecule has 0 aliphatic heterocycles. The number of aliphatic hydroxyl groups excluding tert-OH is 2. The normalized spacial score (nSPS) is 13.2. The van der Waals surface area contributed by atoms with Crippen molar-refractivity contribution < 1.29 is 47.9 Å². The molecular weight excluding hydrogens is 653 g/mol. The first-order chi connectivity index (χ1) is 16.1. The van der Waals surface area contributed by atoms with Gasteiger partial charge in [0.25, 0.3) is 0 Å². The average molecular weight is 684 g/mol. The van der Waals surface area contributed by atoms with Gasteiger partial charge in [-0.2, -0.15) is 0 Å². The fourth-order valence-corrected chi connectivity index (χ4v) is 2.98. The molecule has 36 heavy (non-hydrogen) atoms. The number of hydrogen-bond donors (Lipinski definition) is 2. The Morgan fingerprint density at radius 1 is 0.722 bits per heavy atom. The molecule has 0 aliphatic rings. The Labute approximate surface area is 223 Å². The molecule has 0 saturated carbocycles. The molecule has 1 radical (unpaired) electrons. The molecular formula is C27H31F4IrN2O2-. The van der Waals surface area contributed by atoms with Crippen LogP contribution < -0.4 is 0 Å². The van der Waals surface area contributed by atoms with Gasteiger partial charge in [0, 0.05) is 62.3 Å². The summed E-state index contributed by atoms with van der Waals surface area (Å²) < 4.78 is 53.4. The van der Waals surface area contributed by atoms with Crippen molar-refractivity contribution in [2.45, 2.75) is 60.2 Å². The maximum atomic E-state index is 13.4. The van der Waals surface area contributed by atoms with Crippen LogP contribution in [0.15, 0.2) is 42.7 Å². The van der Waals surface area contributed by atoms with E-state index >= 15 is 0 Å². The van der Waals surface area contributed by atoms with Crippen LogP contribution in [0.1, 0.15) is 48.0 Å². The molecule has 3 rings (SSSR count). The van der Waals surface area contributed by atoms with E-state index in [4.69, 9.17) is 0 Å². The van der Waals surface area contributed by atoms with Gasteiger partial charge < -0.3 is 15.2 Å². The van der Waals surface area contributed by atoms with E-state index in [-0.39, 0.29) is 53.5 Å². The molecule has 3 aromatic rings. The van der Waals surface area contributed by atoms with Crippen molar-refractivity contribution in [3.8, 4) is 22.5 Å². The van der Waals surface area contributed by atoms with Crippen molar-refractivity contribution in [1.29, 1.82) is 0 Å². The van der Waals surface area contributed by atoms with Crippen molar-refractivity contribution in [2.24, 2.45) is 10.8 Å². The zero-order valence-electron chi connectivity index (χ0n) is 21.0. The maximum Gasteiger partial charge on any atom is 0.126 e. The number of halogens is 4. The predicted molar refractivity (Wildman–Crippen MR) is 127 cm³/mol. The predicted octanol–water partition coefficient (Wildman–Crippen LogP) is 6.36. The van der Waals surface area contributed by atoms with Crippen LogP contribution in [0.4, 0.5) is 17.6 Å². The third kappa shape index (κ3) is 9.36. The zero-order chi connectivity index (χ0) is 26.6. The summed E-state index contributed by atoms with van der Waals surface area (Å²) in [6.45, 7) is 11.9. The quantitative estimate of drug-likeness (QED) is 0.249. The second-order valence-corrected chi connectivity index (χ2v) is 10.5. The Bertz CT molecular complexity index is 1020. The minimum Gasteiger partial charge on any atom is -0.392 e. The SMILES string of the molecule is CC(C)(C)C(O)CC(O)C(C)(C)C.Fc1[c-]c(-c2nccnc2-c2cc(F)cc(F)c2)cc(F)c1.[Ir]. The molecule has 0 amide bonds. The van der Waals surface area contributed by atoms with Gasteiger partial charge in [-0.1, -0.05) is 47.6 Å². The van der Waals surface area contributed by atoms with E-state index in [1.54, 1.807) is 0 Å². The summed E-state index contributed by atoms with van der Waals surface area (Å²) in [4.78, 5) is 8.00. The number of aromatic nitrogens is 2. The van der Waals surface area contributed by atoms with Gasteiger partial charge in [-0.05, 0) is 28.5 Å². The van der Waals surface area contributed by atoms with Crippen LogP contribution in [0.3, 0.4) is 0 Å². The molecule has 9 heteroatoms. The molecule has 0 bridgehead atoms. The first-order valence-corrected chi connectivity index (χ1v) is 11.1. The molecule has 199 valence electrons. The van der Waals surface area contributed by atoms with E-state index in [9.17, 15) is 27.8 Å². The Balaban J connectivity index is 0.000000402. The minimum atomic E-state index is -0.906. The minimum absolute atomic E-state index is 0. The first kappa shape index (κ1) is 31.8. The molecule has 0 spiro atoms. The summed E-state index contributed by atoms with van der Waals surface area (Å²) in [7, 11) is 0. The molecule has 1 heterocycles. The largest absolute Gasteiger partial charge is 0.392 e. The molecule has 2 atom stereocenters. The number of rotatable bonds is 4. The summed E-state index contributed by atoms with van der Waals surface area (Å²) in [6.07, 6.45) is 2.19. The van der Waals surface area contributed by atoms with Crippen molar-refractivity contribution in [1.82, 2.24) is 9.97 Å². The zero-order valence-corrected chi connectivity index (χ0v) is 23.4. The molecule has 0 aliphatic carbocycles. The molecule has 2 aromatic carbocycles. The van der Waals surface area contributed by atoms with Gasteiger partial charge in [0.1, 0.15) is 11.6 Å². The van der Waals surface area contributed by atoms with Crippen molar-refractivity contribution in [2.75, 3.05) is 0 Å². The van der Waals surface area contributed by atoms with Gasteiger partial charge in [-0.3, -0.25) is 4.98 Å². The van der Waals surface area contributed by atoms with Gasteiger partial charge in [-0.15, -0.1) is 17.7 Å². The van der Waals surface area contributed by atoms with Gasteiger partial charge in [0.15, 0.2) is 0 Å². The summed E-state index contributed by atoms with van der Waals surface area (Å²) in [6, 6.07) is 6.83. The molecule has 1 aromatic heterocycles. The Morgan fingerprint density at radius 2 is 1.17 bits per heavy atom. The van der Waals surface area contributed by atoms with Crippen LogP contribution in [0.5, 0.6) is 0 Å². The van der Waals surface area contributed by atoms with Gasteiger partial charge >= 0.3 is 0 Å². The second-order valence-electron chi connectivity index (χ2n) is 10.5. The van der Waals surface area contributed by atoms with E-state index in [1.807, 2.05) is 41.5 Å². The summed E-state index contributed by atoms with van der Waals surface area (Å²) in [5, 5.41) is 19.5. The van der Waals surface area contributed by atoms with Gasteiger partial charge in [0.05, 0.1) is 17.9 Å². The molecule has 2 unspecified atom stereocenters. The Morgan fingerprint density at radius 3 is 1.61 bits per heavy atom. The topological polar surface area (TPSA) is 66.2 Å². The summed E-state index contributed by atoms with van der Waals surface area (Å²) in [5.74, 6) is -3.30. The third-order valence-corrected chi connectivity index (χ3v) is 5.34. The average Bonchev–Trinajstić information content (AvgIpc) is 2.71. The number of benzene rings is 2. The van der Waals surface area contributed by atoms with E-state index in [0.29, 0.717) is 18.6 Å². The van der Waals surface area contributed by atoms with E-state index in [2.05, 4.69) is 16.0 Å². The monoisotopic (exact) mass is 684 g/mol. The van der Waals surface area contributed by atoms with E-state index in [1.165, 1.54) is 12.4 Å². The van der Waals surface area contributed by atoms with Gasteiger partial charge in [-0.25, -0.2) is 17.6 Å². The molecule has 4 nitrogen and oxygen atoms in total. The number of hydrogen-bond acceptors (Lipinski definition) is 4. The van der Waals surface area contributed by atoms with E-state index in [0.717, 1.165) is 18.2 Å². The smallest absolute Gasteiger partial charge is 0.126 e. The summed E-state index contributed by atoms with van der Waals surface area (Å²) >= 11 is 0. The maximum absolute atomic E-state index is 13.4. The molecule has 0 saturated heterocycles. The van der Waals surface area contributed by atoms with Crippen LogP contribution in [0.25, 0.3) is 22.5 Å². The molecule has 0 fully saturated rings. The Kier molecular flexibility index (Phi) is 11.4. The van der Waals surface area contributed by atoms with Gasteiger partial charge in [0.2, 0.25) is 0 Å².